The third kappa shape index (κ3) is 5.37. The van der Waals surface area contributed by atoms with E-state index in [0.717, 1.165) is 37.1 Å². The van der Waals surface area contributed by atoms with Crippen molar-refractivity contribution in [2.24, 2.45) is 5.73 Å². The summed E-state index contributed by atoms with van der Waals surface area (Å²) >= 11 is 0. The molecule has 2 fully saturated rings. The summed E-state index contributed by atoms with van der Waals surface area (Å²) in [7, 11) is 0. The van der Waals surface area contributed by atoms with E-state index < -0.39 is 0 Å². The van der Waals surface area contributed by atoms with Crippen molar-refractivity contribution >= 4 is 17.7 Å². The highest BCUT2D eigenvalue weighted by molar-refractivity contribution is 6.00. The fourth-order valence-corrected chi connectivity index (χ4v) is 3.67. The number of rotatable bonds is 6. The van der Waals surface area contributed by atoms with Crippen LogP contribution in [0.4, 0.5) is 0 Å². The lowest BCUT2D eigenvalue weighted by Crippen LogP contribution is -2.43. The molecule has 7 heteroatoms. The minimum absolute atomic E-state index is 0.173. The van der Waals surface area contributed by atoms with Gasteiger partial charge >= 0.3 is 0 Å². The number of hydrogen-bond donors (Lipinski definition) is 3. The molecule has 3 rings (SSSR count). The first-order valence-corrected chi connectivity index (χ1v) is 9.69. The third-order valence-electron chi connectivity index (χ3n) is 5.33. The van der Waals surface area contributed by atoms with Gasteiger partial charge in [-0.05, 0) is 30.4 Å². The Morgan fingerprint density at radius 3 is 2.74 bits per heavy atom. The zero-order valence-electron chi connectivity index (χ0n) is 15.6. The summed E-state index contributed by atoms with van der Waals surface area (Å²) in [5, 5.41) is 5.70. The molecule has 27 heavy (non-hydrogen) atoms. The highest BCUT2D eigenvalue weighted by atomic mass is 16.2. The molecule has 0 radical (unpaired) electrons. The number of carbonyl (C=O) groups excluding carboxylic acids is 3. The SMILES string of the molecule is NC1CCN(C(=O)CCNCc2cccc(C3CCC(=O)NC3=O)c2)CC1. The number of benzene rings is 1. The molecule has 0 aliphatic carbocycles. The van der Waals surface area contributed by atoms with Crippen LogP contribution >= 0.6 is 0 Å². The maximum atomic E-state index is 12.2. The molecule has 2 heterocycles. The number of nitrogens with one attached hydrogen (secondary N) is 2. The Morgan fingerprint density at radius 2 is 2.00 bits per heavy atom. The molecule has 7 nitrogen and oxygen atoms in total. The van der Waals surface area contributed by atoms with Gasteiger partial charge in [-0.3, -0.25) is 19.7 Å². The van der Waals surface area contributed by atoms with E-state index in [-0.39, 0.29) is 29.7 Å². The molecule has 0 spiro atoms. The zero-order valence-corrected chi connectivity index (χ0v) is 15.6. The van der Waals surface area contributed by atoms with E-state index in [1.54, 1.807) is 0 Å². The minimum Gasteiger partial charge on any atom is -0.343 e. The Bertz CT molecular complexity index is 698. The van der Waals surface area contributed by atoms with Gasteiger partial charge in [-0.15, -0.1) is 0 Å². The average Bonchev–Trinajstić information content (AvgIpc) is 2.66. The van der Waals surface area contributed by atoms with E-state index in [1.165, 1.54) is 0 Å². The lowest BCUT2D eigenvalue weighted by Gasteiger charge is -2.30. The summed E-state index contributed by atoms with van der Waals surface area (Å²) in [5.74, 6) is -0.515. The van der Waals surface area contributed by atoms with Gasteiger partial charge in [0, 0.05) is 45.1 Å². The molecule has 2 saturated heterocycles. The molecular formula is C20H28N4O3. The molecule has 0 aromatic heterocycles. The van der Waals surface area contributed by atoms with E-state index >= 15 is 0 Å². The molecule has 0 bridgehead atoms. The van der Waals surface area contributed by atoms with Gasteiger partial charge in [-0.2, -0.15) is 0 Å². The van der Waals surface area contributed by atoms with Gasteiger partial charge in [-0.25, -0.2) is 0 Å². The Kier molecular flexibility index (Phi) is 6.58. The normalized spacial score (nSPS) is 21.2. The van der Waals surface area contributed by atoms with E-state index in [4.69, 9.17) is 5.73 Å². The van der Waals surface area contributed by atoms with Gasteiger partial charge in [0.2, 0.25) is 17.7 Å². The van der Waals surface area contributed by atoms with Crippen LogP contribution in [0.15, 0.2) is 24.3 Å². The molecular weight excluding hydrogens is 344 g/mol. The summed E-state index contributed by atoms with van der Waals surface area (Å²) in [5.41, 5.74) is 7.87. The maximum Gasteiger partial charge on any atom is 0.234 e. The summed E-state index contributed by atoms with van der Waals surface area (Å²) in [6.45, 7) is 2.77. The highest BCUT2D eigenvalue weighted by Gasteiger charge is 2.27. The second-order valence-electron chi connectivity index (χ2n) is 7.39. The van der Waals surface area contributed by atoms with E-state index in [1.807, 2.05) is 29.2 Å². The molecule has 1 aromatic rings. The van der Waals surface area contributed by atoms with Gasteiger partial charge in [0.15, 0.2) is 0 Å². The highest BCUT2D eigenvalue weighted by Crippen LogP contribution is 2.25. The van der Waals surface area contributed by atoms with Crippen LogP contribution < -0.4 is 16.4 Å². The van der Waals surface area contributed by atoms with Gasteiger partial charge < -0.3 is 16.0 Å². The quantitative estimate of drug-likeness (QED) is 0.502. The summed E-state index contributed by atoms with van der Waals surface area (Å²) in [4.78, 5) is 37.4. The summed E-state index contributed by atoms with van der Waals surface area (Å²) < 4.78 is 0. The van der Waals surface area contributed by atoms with Crippen molar-refractivity contribution < 1.29 is 14.4 Å². The number of piperidine rings is 2. The minimum atomic E-state index is -0.269. The Hall–Kier alpha value is -2.25. The molecule has 146 valence electrons. The molecule has 1 unspecified atom stereocenters. The number of nitrogens with two attached hydrogens (primary N) is 1. The first kappa shape index (κ1) is 19.5. The van der Waals surface area contributed by atoms with Crippen molar-refractivity contribution in [1.82, 2.24) is 15.5 Å². The maximum absolute atomic E-state index is 12.2. The van der Waals surface area contributed by atoms with Gasteiger partial charge in [0.25, 0.3) is 0 Å². The van der Waals surface area contributed by atoms with Crippen LogP contribution in [0, 0.1) is 0 Å². The van der Waals surface area contributed by atoms with Crippen molar-refractivity contribution in [2.45, 2.75) is 50.6 Å². The van der Waals surface area contributed by atoms with Crippen LogP contribution in [0.3, 0.4) is 0 Å². The molecule has 2 aliphatic heterocycles. The van der Waals surface area contributed by atoms with Crippen molar-refractivity contribution in [1.29, 1.82) is 0 Å². The van der Waals surface area contributed by atoms with Gasteiger partial charge in [0.1, 0.15) is 0 Å². The van der Waals surface area contributed by atoms with Crippen LogP contribution in [0.5, 0.6) is 0 Å². The molecule has 4 N–H and O–H groups in total. The van der Waals surface area contributed by atoms with E-state index in [2.05, 4.69) is 10.6 Å². The molecule has 3 amide bonds. The second kappa shape index (κ2) is 9.10. The smallest absolute Gasteiger partial charge is 0.234 e. The standard InChI is InChI=1S/C20H28N4O3/c21-16-7-10-24(11-8-16)19(26)6-9-22-13-14-2-1-3-15(12-14)17-4-5-18(25)23-20(17)27/h1-3,12,16-17,22H,4-11,13,21H2,(H,23,25,27). The molecule has 0 saturated carbocycles. The topological polar surface area (TPSA) is 105 Å². The van der Waals surface area contributed by atoms with Crippen LogP contribution in [-0.4, -0.2) is 48.3 Å². The number of amides is 3. The Morgan fingerprint density at radius 1 is 1.22 bits per heavy atom. The van der Waals surface area contributed by atoms with E-state index in [0.29, 0.717) is 32.4 Å². The Labute approximate surface area is 159 Å². The first-order chi connectivity index (χ1) is 13.0. The number of nitrogens with zero attached hydrogens (tertiary/aromatic N) is 1. The van der Waals surface area contributed by atoms with Crippen molar-refractivity contribution in [3.8, 4) is 0 Å². The van der Waals surface area contributed by atoms with Crippen LogP contribution in [0.1, 0.15) is 49.1 Å². The monoisotopic (exact) mass is 372 g/mol. The van der Waals surface area contributed by atoms with Crippen molar-refractivity contribution in [3.05, 3.63) is 35.4 Å². The molecule has 2 aliphatic rings. The van der Waals surface area contributed by atoms with E-state index in [9.17, 15) is 14.4 Å². The zero-order chi connectivity index (χ0) is 19.2. The number of imide groups is 1. The van der Waals surface area contributed by atoms with Crippen LogP contribution in [0.25, 0.3) is 0 Å². The third-order valence-corrected chi connectivity index (χ3v) is 5.33. The van der Waals surface area contributed by atoms with Crippen molar-refractivity contribution in [2.75, 3.05) is 19.6 Å². The van der Waals surface area contributed by atoms with Gasteiger partial charge in [-0.1, -0.05) is 24.3 Å². The first-order valence-electron chi connectivity index (χ1n) is 9.69. The molecule has 1 atom stereocenters. The number of likely N-dealkylation sites (tertiary alicyclic amines) is 1. The lowest BCUT2D eigenvalue weighted by molar-refractivity contribution is -0.134. The fraction of sp³-hybridized carbons (Fsp3) is 0.550. The number of hydrogen-bond acceptors (Lipinski definition) is 5. The van der Waals surface area contributed by atoms with Crippen molar-refractivity contribution in [3.63, 3.8) is 0 Å². The fourth-order valence-electron chi connectivity index (χ4n) is 3.67. The molecule has 1 aromatic carbocycles. The predicted octanol–water partition coefficient (Wildman–Crippen LogP) is 0.636. The summed E-state index contributed by atoms with van der Waals surface area (Å²) in [6, 6.07) is 8.08. The largest absolute Gasteiger partial charge is 0.343 e. The average molecular weight is 372 g/mol. The Balaban J connectivity index is 1.44. The number of carbonyl (C=O) groups is 3. The van der Waals surface area contributed by atoms with Crippen LogP contribution in [-0.2, 0) is 20.9 Å². The summed E-state index contributed by atoms with van der Waals surface area (Å²) in [6.07, 6.45) is 3.17. The second-order valence-corrected chi connectivity index (χ2v) is 7.39. The lowest BCUT2D eigenvalue weighted by atomic mass is 9.89. The predicted molar refractivity (Wildman–Crippen MR) is 102 cm³/mol. The van der Waals surface area contributed by atoms with Crippen LogP contribution in [0.2, 0.25) is 0 Å². The van der Waals surface area contributed by atoms with Gasteiger partial charge in [0.05, 0.1) is 5.92 Å².